The molecule has 350 valence electrons. The number of esters is 1. The molecule has 0 aromatic heterocycles. The Kier molecular flexibility index (Phi) is 48.1. The van der Waals surface area contributed by atoms with E-state index in [2.05, 4.69) is 19.2 Å². The van der Waals surface area contributed by atoms with Gasteiger partial charge >= 0.3 is 5.97 Å². The fourth-order valence-corrected chi connectivity index (χ4v) is 8.22. The fraction of sp³-hybridized carbons (Fsp3) is 0.925. The van der Waals surface area contributed by atoms with E-state index in [1.54, 1.807) is 6.08 Å². The minimum Gasteiger partial charge on any atom is -0.466 e. The van der Waals surface area contributed by atoms with Gasteiger partial charge in [-0.2, -0.15) is 0 Å². The summed E-state index contributed by atoms with van der Waals surface area (Å²) < 4.78 is 5.47. The summed E-state index contributed by atoms with van der Waals surface area (Å²) in [5, 5.41) is 23.0. The topological polar surface area (TPSA) is 95.9 Å². The molecule has 0 rings (SSSR count). The Morgan fingerprint density at radius 2 is 0.780 bits per heavy atom. The molecule has 0 aromatic rings. The Morgan fingerprint density at radius 1 is 0.458 bits per heavy atom. The molecule has 0 saturated heterocycles. The molecule has 1 amide bonds. The lowest BCUT2D eigenvalue weighted by Crippen LogP contribution is -2.45. The maximum atomic E-state index is 12.4. The molecule has 0 saturated carbocycles. The molecule has 3 N–H and O–H groups in total. The maximum absolute atomic E-state index is 12.4. The molecular weight excluding hydrogens is 731 g/mol. The number of amides is 1. The van der Waals surface area contributed by atoms with Gasteiger partial charge in [0.15, 0.2) is 0 Å². The Hall–Kier alpha value is -1.40. The highest BCUT2D eigenvalue weighted by Crippen LogP contribution is 2.16. The first-order valence-electron chi connectivity index (χ1n) is 26.5. The molecule has 0 aliphatic rings. The number of hydrogen-bond donors (Lipinski definition) is 3. The van der Waals surface area contributed by atoms with E-state index in [0.29, 0.717) is 19.4 Å². The molecule has 0 fully saturated rings. The fourth-order valence-electron chi connectivity index (χ4n) is 8.22. The molecular formula is C53H103NO5. The summed E-state index contributed by atoms with van der Waals surface area (Å²) in [5.74, 6) is -0.0833. The average Bonchev–Trinajstić information content (AvgIpc) is 3.24. The summed E-state index contributed by atoms with van der Waals surface area (Å²) in [6.07, 6.45) is 56.4. The molecule has 6 heteroatoms. The van der Waals surface area contributed by atoms with Gasteiger partial charge in [0.05, 0.1) is 25.4 Å². The third kappa shape index (κ3) is 45.9. The van der Waals surface area contributed by atoms with E-state index >= 15 is 0 Å². The van der Waals surface area contributed by atoms with Crippen LogP contribution in [-0.2, 0) is 14.3 Å². The molecule has 0 heterocycles. The summed E-state index contributed by atoms with van der Waals surface area (Å²) >= 11 is 0. The van der Waals surface area contributed by atoms with Gasteiger partial charge in [0, 0.05) is 12.8 Å². The van der Waals surface area contributed by atoms with Crippen LogP contribution in [0.2, 0.25) is 0 Å². The van der Waals surface area contributed by atoms with Crippen LogP contribution in [0.4, 0.5) is 0 Å². The van der Waals surface area contributed by atoms with Crippen LogP contribution in [0.5, 0.6) is 0 Å². The number of carbonyl (C=O) groups is 2. The quantitative estimate of drug-likeness (QED) is 0.0322. The Balaban J connectivity index is 3.45. The summed E-state index contributed by atoms with van der Waals surface area (Å²) in [7, 11) is 0. The number of unbranched alkanes of at least 4 members (excludes halogenated alkanes) is 38. The highest BCUT2D eigenvalue weighted by molar-refractivity contribution is 5.76. The van der Waals surface area contributed by atoms with Gasteiger partial charge in [0.25, 0.3) is 0 Å². The molecule has 6 nitrogen and oxygen atoms in total. The van der Waals surface area contributed by atoms with Crippen molar-refractivity contribution in [3.63, 3.8) is 0 Å². The predicted molar refractivity (Wildman–Crippen MR) is 255 cm³/mol. The zero-order chi connectivity index (χ0) is 43.0. The van der Waals surface area contributed by atoms with Crippen LogP contribution < -0.4 is 5.32 Å². The smallest absolute Gasteiger partial charge is 0.305 e. The van der Waals surface area contributed by atoms with Crippen LogP contribution in [0, 0.1) is 0 Å². The van der Waals surface area contributed by atoms with E-state index in [0.717, 1.165) is 57.8 Å². The number of nitrogens with one attached hydrogen (secondary N) is 1. The van der Waals surface area contributed by atoms with Gasteiger partial charge in [0.1, 0.15) is 0 Å². The lowest BCUT2D eigenvalue weighted by molar-refractivity contribution is -0.143. The third-order valence-corrected chi connectivity index (χ3v) is 12.3. The molecule has 2 unspecified atom stereocenters. The zero-order valence-electron chi connectivity index (χ0n) is 39.7. The van der Waals surface area contributed by atoms with Gasteiger partial charge in [-0.3, -0.25) is 9.59 Å². The van der Waals surface area contributed by atoms with Gasteiger partial charge in [-0.25, -0.2) is 0 Å². The predicted octanol–water partition coefficient (Wildman–Crippen LogP) is 15.7. The number of aliphatic hydroxyl groups excluding tert-OH is 2. The van der Waals surface area contributed by atoms with Crippen LogP contribution >= 0.6 is 0 Å². The van der Waals surface area contributed by atoms with E-state index in [-0.39, 0.29) is 18.5 Å². The second-order valence-corrected chi connectivity index (χ2v) is 18.2. The maximum Gasteiger partial charge on any atom is 0.305 e. The van der Waals surface area contributed by atoms with Gasteiger partial charge < -0.3 is 20.3 Å². The van der Waals surface area contributed by atoms with Crippen molar-refractivity contribution in [1.29, 1.82) is 0 Å². The molecule has 0 aliphatic carbocycles. The van der Waals surface area contributed by atoms with Crippen LogP contribution in [0.1, 0.15) is 290 Å². The summed E-state index contributed by atoms with van der Waals surface area (Å²) in [6.45, 7) is 4.88. The molecule has 0 spiro atoms. The van der Waals surface area contributed by atoms with E-state index < -0.39 is 12.1 Å². The van der Waals surface area contributed by atoms with Crippen molar-refractivity contribution < 1.29 is 24.5 Å². The molecule has 0 aliphatic heterocycles. The number of ether oxygens (including phenoxy) is 1. The summed E-state index contributed by atoms with van der Waals surface area (Å²) in [6, 6.07) is -0.635. The van der Waals surface area contributed by atoms with Gasteiger partial charge in [-0.15, -0.1) is 0 Å². The van der Waals surface area contributed by atoms with Crippen molar-refractivity contribution in [2.45, 2.75) is 302 Å². The largest absolute Gasteiger partial charge is 0.466 e. The Bertz CT molecular complexity index is 878. The van der Waals surface area contributed by atoms with Crippen molar-refractivity contribution in [3.8, 4) is 0 Å². The van der Waals surface area contributed by atoms with Crippen molar-refractivity contribution in [2.24, 2.45) is 0 Å². The monoisotopic (exact) mass is 834 g/mol. The minimum atomic E-state index is -0.851. The first kappa shape index (κ1) is 57.6. The number of hydrogen-bond acceptors (Lipinski definition) is 5. The number of aliphatic hydroxyl groups is 2. The Labute approximate surface area is 368 Å². The van der Waals surface area contributed by atoms with Crippen LogP contribution in [0.25, 0.3) is 0 Å². The SMILES string of the molecule is CCCCCCCCCCCCC/C=C/C(O)C(CO)NC(=O)CCCCCCCCCCCCCCCOC(=O)CCCCCCCCCCCCCCCCCC. The van der Waals surface area contributed by atoms with Crippen LogP contribution in [-0.4, -0.2) is 47.4 Å². The first-order valence-corrected chi connectivity index (χ1v) is 26.5. The number of carbonyl (C=O) groups excluding carboxylic acids is 2. The average molecular weight is 834 g/mol. The second-order valence-electron chi connectivity index (χ2n) is 18.2. The van der Waals surface area contributed by atoms with Crippen molar-refractivity contribution in [1.82, 2.24) is 5.32 Å². The van der Waals surface area contributed by atoms with Crippen molar-refractivity contribution in [2.75, 3.05) is 13.2 Å². The minimum absolute atomic E-state index is 0.00334. The molecule has 0 bridgehead atoms. The number of rotatable bonds is 49. The van der Waals surface area contributed by atoms with E-state index in [1.807, 2.05) is 6.08 Å². The molecule has 0 radical (unpaired) electrons. The highest BCUT2D eigenvalue weighted by atomic mass is 16.5. The van der Waals surface area contributed by atoms with E-state index in [1.165, 1.54) is 205 Å². The normalized spacial score (nSPS) is 12.7. The second kappa shape index (κ2) is 49.3. The zero-order valence-corrected chi connectivity index (χ0v) is 39.7. The van der Waals surface area contributed by atoms with Gasteiger partial charge in [-0.05, 0) is 32.1 Å². The molecule has 59 heavy (non-hydrogen) atoms. The van der Waals surface area contributed by atoms with Crippen LogP contribution in [0.15, 0.2) is 12.2 Å². The first-order chi connectivity index (χ1) is 29.0. The lowest BCUT2D eigenvalue weighted by atomic mass is 10.0. The third-order valence-electron chi connectivity index (χ3n) is 12.3. The van der Waals surface area contributed by atoms with Crippen molar-refractivity contribution in [3.05, 3.63) is 12.2 Å². The van der Waals surface area contributed by atoms with E-state index in [4.69, 9.17) is 4.74 Å². The van der Waals surface area contributed by atoms with Crippen molar-refractivity contribution >= 4 is 11.9 Å². The van der Waals surface area contributed by atoms with E-state index in [9.17, 15) is 19.8 Å². The Morgan fingerprint density at radius 3 is 1.15 bits per heavy atom. The number of allylic oxidation sites excluding steroid dienone is 1. The standard InChI is InChI=1S/C53H103NO5/c1-3-5-7-9-11-13-15-17-18-19-23-27-31-35-39-43-47-53(58)59-48-44-40-36-32-28-24-20-22-26-30-34-38-42-46-52(57)54-50(49-55)51(56)45-41-37-33-29-25-21-16-14-12-10-8-6-4-2/h41,45,50-51,55-56H,3-40,42-44,46-49H2,1-2H3,(H,54,57)/b45-41+. The highest BCUT2D eigenvalue weighted by Gasteiger charge is 2.18. The molecule has 2 atom stereocenters. The van der Waals surface area contributed by atoms with Gasteiger partial charge in [0.2, 0.25) is 5.91 Å². The lowest BCUT2D eigenvalue weighted by Gasteiger charge is -2.20. The summed E-state index contributed by atoms with van der Waals surface area (Å²) in [4.78, 5) is 24.5. The van der Waals surface area contributed by atoms with Crippen LogP contribution in [0.3, 0.4) is 0 Å². The summed E-state index contributed by atoms with van der Waals surface area (Å²) in [5.41, 5.74) is 0. The molecule has 0 aromatic carbocycles. The van der Waals surface area contributed by atoms with Gasteiger partial charge in [-0.1, -0.05) is 257 Å².